The molecule has 0 aliphatic heterocycles. The number of hydrogen-bond donors (Lipinski definition) is 3. The minimum Gasteiger partial charge on any atom is -0.481 e. The summed E-state index contributed by atoms with van der Waals surface area (Å²) in [6, 6.07) is 3.36. The third-order valence-electron chi connectivity index (χ3n) is 2.39. The molecule has 0 saturated carbocycles. The van der Waals surface area contributed by atoms with Gasteiger partial charge in [-0.15, -0.1) is 0 Å². The first-order valence-electron chi connectivity index (χ1n) is 5.96. The summed E-state index contributed by atoms with van der Waals surface area (Å²) in [5.41, 5.74) is 0.773. The Morgan fingerprint density at radius 3 is 2.45 bits per heavy atom. The first-order valence-corrected chi connectivity index (χ1v) is 10.6. The lowest BCUT2D eigenvalue weighted by molar-refractivity contribution is -0.146. The zero-order valence-corrected chi connectivity index (χ0v) is 13.7. The van der Waals surface area contributed by atoms with E-state index in [2.05, 4.69) is 4.98 Å². The first kappa shape index (κ1) is 19.0. The highest BCUT2D eigenvalue weighted by atomic mass is 33.1. The third-order valence-corrected chi connectivity index (χ3v) is 7.88. The average Bonchev–Trinajstić information content (AvgIpc) is 2.50. The van der Waals surface area contributed by atoms with E-state index in [0.29, 0.717) is 0 Å². The molecule has 0 fully saturated rings. The van der Waals surface area contributed by atoms with Gasteiger partial charge in [-0.1, -0.05) is 11.4 Å². The molecule has 1 rings (SSSR count). The van der Waals surface area contributed by atoms with E-state index in [-0.39, 0.29) is 23.8 Å². The summed E-state index contributed by atoms with van der Waals surface area (Å²) in [5, 5.41) is 17.6. The van der Waals surface area contributed by atoms with Crippen LogP contribution in [-0.2, 0) is 24.4 Å². The van der Waals surface area contributed by atoms with Gasteiger partial charge in [0.15, 0.2) is 6.10 Å². The smallest absolute Gasteiger partial charge is 0.340 e. The van der Waals surface area contributed by atoms with Gasteiger partial charge in [0, 0.05) is 24.6 Å². The number of carbonyl (C=O) groups is 2. The average molecular weight is 367 g/mol. The van der Waals surface area contributed by atoms with Gasteiger partial charge in [-0.25, -0.2) is 4.79 Å². The fourth-order valence-corrected chi connectivity index (χ4v) is 5.37. The zero-order chi connectivity index (χ0) is 16.6. The topological polar surface area (TPSA) is 134 Å². The van der Waals surface area contributed by atoms with E-state index in [9.17, 15) is 14.2 Å². The van der Waals surface area contributed by atoms with Gasteiger partial charge in [-0.3, -0.25) is 18.9 Å². The molecule has 0 aliphatic rings. The minimum absolute atomic E-state index is 0.0586. The van der Waals surface area contributed by atoms with E-state index in [1.807, 2.05) is 0 Å². The zero-order valence-electron chi connectivity index (χ0n) is 11.2. The Kier molecular flexibility index (Phi) is 7.91. The first-order chi connectivity index (χ1) is 10.4. The fraction of sp³-hybridized carbons (Fsp3) is 0.364. The molecule has 22 heavy (non-hydrogen) atoms. The van der Waals surface area contributed by atoms with Crippen molar-refractivity contribution in [2.75, 3.05) is 0 Å². The fourth-order valence-electron chi connectivity index (χ4n) is 1.34. The van der Waals surface area contributed by atoms with Crippen LogP contribution in [-0.4, -0.2) is 37.8 Å². The van der Waals surface area contributed by atoms with Crippen molar-refractivity contribution in [3.63, 3.8) is 0 Å². The van der Waals surface area contributed by atoms with Crippen molar-refractivity contribution >= 4 is 40.8 Å². The maximum atomic E-state index is 12.3. The van der Waals surface area contributed by atoms with Crippen LogP contribution in [0, 0.1) is 0 Å². The largest absolute Gasteiger partial charge is 0.481 e. The number of pyridine rings is 1. The van der Waals surface area contributed by atoms with E-state index in [1.165, 1.54) is 0 Å². The SMILES string of the molecule is O=C(O)CCC(OP(=O)(SO)SCc1ccncc1)C(=O)O. The minimum atomic E-state index is -3.74. The number of rotatable bonds is 10. The van der Waals surface area contributed by atoms with Crippen LogP contribution in [0.2, 0.25) is 0 Å². The monoisotopic (exact) mass is 367 g/mol. The summed E-state index contributed by atoms with van der Waals surface area (Å²) in [6.07, 6.45) is 0.737. The number of nitrogens with zero attached hydrogens (tertiary/aromatic N) is 1. The molecule has 8 nitrogen and oxygen atoms in total. The molecule has 11 heteroatoms. The Labute approximate surface area is 134 Å². The van der Waals surface area contributed by atoms with Gasteiger partial charge in [-0.05, 0) is 24.1 Å². The predicted octanol–water partition coefficient (Wildman–Crippen LogP) is 2.96. The molecule has 0 amide bonds. The third kappa shape index (κ3) is 6.80. The van der Waals surface area contributed by atoms with Crippen LogP contribution in [0.25, 0.3) is 0 Å². The van der Waals surface area contributed by atoms with Crippen LogP contribution in [0.15, 0.2) is 24.5 Å². The normalized spacial score (nSPS) is 15.0. The molecule has 122 valence electrons. The van der Waals surface area contributed by atoms with Crippen molar-refractivity contribution in [3.05, 3.63) is 30.1 Å². The second-order valence-electron chi connectivity index (χ2n) is 4.02. The molecule has 3 N–H and O–H groups in total. The molecule has 0 radical (unpaired) electrons. The summed E-state index contributed by atoms with van der Waals surface area (Å²) in [5.74, 6) is -6.14. The van der Waals surface area contributed by atoms with Crippen LogP contribution < -0.4 is 0 Å². The van der Waals surface area contributed by atoms with Crippen molar-refractivity contribution in [2.24, 2.45) is 0 Å². The lowest BCUT2D eigenvalue weighted by Gasteiger charge is -2.18. The molecule has 1 heterocycles. The van der Waals surface area contributed by atoms with E-state index in [1.54, 1.807) is 24.5 Å². The molecule has 0 bridgehead atoms. The van der Waals surface area contributed by atoms with Crippen molar-refractivity contribution in [2.45, 2.75) is 24.7 Å². The summed E-state index contributed by atoms with van der Waals surface area (Å²) < 4.78 is 26.5. The lowest BCUT2D eigenvalue weighted by Crippen LogP contribution is -2.23. The molecular formula is C11H14NO7PS2. The van der Waals surface area contributed by atoms with Crippen LogP contribution in [0.4, 0.5) is 0 Å². The summed E-state index contributed by atoms with van der Waals surface area (Å²) >= 11 is 0.706. The van der Waals surface area contributed by atoms with Crippen LogP contribution in [0.1, 0.15) is 18.4 Å². The van der Waals surface area contributed by atoms with Crippen LogP contribution in [0.3, 0.4) is 0 Å². The highest BCUT2D eigenvalue weighted by molar-refractivity contribution is 8.87. The molecule has 0 aromatic carbocycles. The Hall–Kier alpha value is -1.06. The summed E-state index contributed by atoms with van der Waals surface area (Å²) in [4.78, 5) is 25.3. The molecule has 2 unspecified atom stereocenters. The molecule has 1 aromatic rings. The Morgan fingerprint density at radius 1 is 1.32 bits per heavy atom. The number of hydrogen-bond acceptors (Lipinski definition) is 8. The highest BCUT2D eigenvalue weighted by Gasteiger charge is 2.33. The highest BCUT2D eigenvalue weighted by Crippen LogP contribution is 2.70. The van der Waals surface area contributed by atoms with Crippen LogP contribution >= 0.6 is 28.8 Å². The Balaban J connectivity index is 2.67. The molecule has 0 saturated heterocycles. The van der Waals surface area contributed by atoms with Crippen molar-refractivity contribution < 1.29 is 33.4 Å². The van der Waals surface area contributed by atoms with Gasteiger partial charge in [0.05, 0.1) is 11.7 Å². The molecule has 1 aromatic heterocycles. The second-order valence-corrected chi connectivity index (χ2v) is 10.7. The number of carboxylic acids is 2. The number of aliphatic carboxylic acids is 2. The predicted molar refractivity (Wildman–Crippen MR) is 82.7 cm³/mol. The van der Waals surface area contributed by atoms with Gasteiger partial charge >= 0.3 is 17.7 Å². The Bertz CT molecular complexity index is 557. The van der Waals surface area contributed by atoms with Gasteiger partial charge < -0.3 is 14.8 Å². The molecule has 0 aliphatic carbocycles. The van der Waals surface area contributed by atoms with Crippen molar-refractivity contribution in [1.29, 1.82) is 0 Å². The van der Waals surface area contributed by atoms with E-state index in [4.69, 9.17) is 19.3 Å². The van der Waals surface area contributed by atoms with Crippen molar-refractivity contribution in [3.8, 4) is 0 Å². The second kappa shape index (κ2) is 9.16. The Morgan fingerprint density at radius 2 is 1.95 bits per heavy atom. The summed E-state index contributed by atoms with van der Waals surface area (Å²) in [6.45, 7) is 0. The van der Waals surface area contributed by atoms with E-state index < -0.39 is 30.2 Å². The molecule has 2 atom stereocenters. The van der Waals surface area contributed by atoms with Gasteiger partial charge in [0.1, 0.15) is 0 Å². The summed E-state index contributed by atoms with van der Waals surface area (Å²) in [7, 11) is 0. The molecular weight excluding hydrogens is 353 g/mol. The van der Waals surface area contributed by atoms with Crippen LogP contribution in [0.5, 0.6) is 0 Å². The van der Waals surface area contributed by atoms with Gasteiger partial charge in [-0.2, -0.15) is 0 Å². The maximum Gasteiger partial charge on any atom is 0.340 e. The molecule has 0 spiro atoms. The van der Waals surface area contributed by atoms with E-state index in [0.717, 1.165) is 16.9 Å². The quantitative estimate of drug-likeness (QED) is 0.418. The number of aromatic nitrogens is 1. The lowest BCUT2D eigenvalue weighted by atomic mass is 10.2. The van der Waals surface area contributed by atoms with Gasteiger partial charge in [0.2, 0.25) is 0 Å². The number of carboxylic acid groups (broad SMARTS) is 2. The maximum absolute atomic E-state index is 12.3. The standard InChI is InChI=1S/C11H14NO7PS2/c13-10(14)2-1-9(11(15)16)19-20(17,22-18)21-7-8-3-5-12-6-4-8/h3-6,9,18H,1-2,7H2,(H,13,14)(H,15,16). The van der Waals surface area contributed by atoms with Gasteiger partial charge in [0.25, 0.3) is 0 Å². The van der Waals surface area contributed by atoms with E-state index >= 15 is 0 Å². The van der Waals surface area contributed by atoms with Crippen molar-refractivity contribution in [1.82, 2.24) is 4.98 Å².